The van der Waals surface area contributed by atoms with Gasteiger partial charge in [0.15, 0.2) is 0 Å². The molecule has 0 spiro atoms. The summed E-state index contributed by atoms with van der Waals surface area (Å²) in [7, 11) is -3.72. The summed E-state index contributed by atoms with van der Waals surface area (Å²) in [6, 6.07) is 12.0. The molecule has 2 aromatic rings. The monoisotopic (exact) mass is 306 g/mol. The lowest BCUT2D eigenvalue weighted by molar-refractivity contribution is 0.0695. The maximum Gasteiger partial charge on any atom is 0.336 e. The molecule has 0 aliphatic heterocycles. The number of anilines is 1. The van der Waals surface area contributed by atoms with Gasteiger partial charge in [0.25, 0.3) is 0 Å². The van der Waals surface area contributed by atoms with Crippen LogP contribution in [0.25, 0.3) is 0 Å². The molecule has 2 aromatic carbocycles. The molecule has 0 aliphatic carbocycles. The van der Waals surface area contributed by atoms with Crippen molar-refractivity contribution < 1.29 is 18.3 Å². The van der Waals surface area contributed by atoms with E-state index >= 15 is 0 Å². The summed E-state index contributed by atoms with van der Waals surface area (Å²) >= 11 is 0. The molecule has 6 nitrogen and oxygen atoms in total. The minimum atomic E-state index is -3.72. The predicted octanol–water partition coefficient (Wildman–Crippen LogP) is 1.45. The summed E-state index contributed by atoms with van der Waals surface area (Å²) < 4.78 is 26.6. The Labute approximate surface area is 122 Å². The summed E-state index contributed by atoms with van der Waals surface area (Å²) in [5.41, 5.74) is 6.43. The molecule has 7 heteroatoms. The lowest BCUT2D eigenvalue weighted by atomic mass is 10.1. The first-order valence-electron chi connectivity index (χ1n) is 6.06. The Kier molecular flexibility index (Phi) is 4.25. The van der Waals surface area contributed by atoms with Gasteiger partial charge in [0.1, 0.15) is 0 Å². The molecule has 0 saturated carbocycles. The number of nitrogens with one attached hydrogen (secondary N) is 1. The fraction of sp³-hybridized carbons (Fsp3) is 0.0714. The Balaban J connectivity index is 2.19. The highest BCUT2D eigenvalue weighted by molar-refractivity contribution is 7.89. The molecule has 0 heterocycles. The maximum absolute atomic E-state index is 12.1. The highest BCUT2D eigenvalue weighted by Gasteiger charge is 2.15. The Morgan fingerprint density at radius 3 is 2.33 bits per heavy atom. The normalized spacial score (nSPS) is 11.2. The van der Waals surface area contributed by atoms with Gasteiger partial charge in [-0.05, 0) is 35.9 Å². The van der Waals surface area contributed by atoms with Crippen LogP contribution in [-0.2, 0) is 16.6 Å². The van der Waals surface area contributed by atoms with E-state index in [4.69, 9.17) is 10.8 Å². The topological polar surface area (TPSA) is 109 Å². The van der Waals surface area contributed by atoms with Gasteiger partial charge in [0.2, 0.25) is 10.0 Å². The second-order valence-corrected chi connectivity index (χ2v) is 6.12. The number of hydrogen-bond donors (Lipinski definition) is 3. The Hall–Kier alpha value is -2.38. The lowest BCUT2D eigenvalue weighted by Gasteiger charge is -2.09. The molecular formula is C14H14N2O4S. The van der Waals surface area contributed by atoms with Crippen molar-refractivity contribution in [3.8, 4) is 0 Å². The van der Waals surface area contributed by atoms with E-state index < -0.39 is 16.0 Å². The number of nitrogen functional groups attached to an aromatic ring is 1. The van der Waals surface area contributed by atoms with Gasteiger partial charge in [0, 0.05) is 12.2 Å². The van der Waals surface area contributed by atoms with Crippen LogP contribution in [0, 0.1) is 0 Å². The summed E-state index contributed by atoms with van der Waals surface area (Å²) in [6.07, 6.45) is 0. The van der Waals surface area contributed by atoms with E-state index in [0.29, 0.717) is 11.3 Å². The van der Waals surface area contributed by atoms with Crippen LogP contribution < -0.4 is 10.5 Å². The molecule has 21 heavy (non-hydrogen) atoms. The van der Waals surface area contributed by atoms with Crippen LogP contribution in [0.15, 0.2) is 53.4 Å². The van der Waals surface area contributed by atoms with Crippen LogP contribution in [0.3, 0.4) is 0 Å². The number of sulfonamides is 1. The van der Waals surface area contributed by atoms with Gasteiger partial charge in [-0.1, -0.05) is 18.2 Å². The molecule has 0 unspecified atom stereocenters. The second-order valence-electron chi connectivity index (χ2n) is 4.36. The van der Waals surface area contributed by atoms with Crippen molar-refractivity contribution in [2.45, 2.75) is 11.4 Å². The van der Waals surface area contributed by atoms with Gasteiger partial charge in [-0.15, -0.1) is 0 Å². The van der Waals surface area contributed by atoms with Gasteiger partial charge < -0.3 is 10.8 Å². The molecule has 0 saturated heterocycles. The van der Waals surface area contributed by atoms with E-state index in [1.54, 1.807) is 18.2 Å². The van der Waals surface area contributed by atoms with Crippen molar-refractivity contribution in [3.63, 3.8) is 0 Å². The molecule has 0 bridgehead atoms. The summed E-state index contributed by atoms with van der Waals surface area (Å²) in [5, 5.41) is 9.05. The molecule has 0 radical (unpaired) electrons. The summed E-state index contributed by atoms with van der Waals surface area (Å²) in [5.74, 6) is -1.10. The van der Waals surface area contributed by atoms with Gasteiger partial charge in [-0.25, -0.2) is 17.9 Å². The highest BCUT2D eigenvalue weighted by Crippen LogP contribution is 2.13. The van der Waals surface area contributed by atoms with Crippen molar-refractivity contribution in [2.75, 3.05) is 5.73 Å². The standard InChI is InChI=1S/C14H14N2O4S/c15-11-5-7-12(8-6-11)21(19,20)16-9-10-3-1-2-4-13(10)14(17)18/h1-8,16H,9,15H2,(H,17,18). The largest absolute Gasteiger partial charge is 0.478 e. The minimum Gasteiger partial charge on any atom is -0.478 e. The van der Waals surface area contributed by atoms with Crippen LogP contribution in [0.4, 0.5) is 5.69 Å². The first-order valence-corrected chi connectivity index (χ1v) is 7.55. The molecule has 0 atom stereocenters. The molecule has 0 amide bonds. The number of hydrogen-bond acceptors (Lipinski definition) is 4. The third-order valence-corrected chi connectivity index (χ3v) is 4.31. The van der Waals surface area contributed by atoms with Crippen LogP contribution in [0.1, 0.15) is 15.9 Å². The summed E-state index contributed by atoms with van der Waals surface area (Å²) in [6.45, 7) is -0.102. The average molecular weight is 306 g/mol. The zero-order valence-corrected chi connectivity index (χ0v) is 11.8. The van der Waals surface area contributed by atoms with E-state index in [1.165, 1.54) is 30.3 Å². The van der Waals surface area contributed by atoms with Gasteiger partial charge >= 0.3 is 5.97 Å². The third-order valence-electron chi connectivity index (χ3n) is 2.89. The fourth-order valence-electron chi connectivity index (χ4n) is 1.79. The van der Waals surface area contributed by atoms with Crippen molar-refractivity contribution in [2.24, 2.45) is 0 Å². The smallest absolute Gasteiger partial charge is 0.336 e. The number of carboxylic acids is 1. The van der Waals surface area contributed by atoms with Gasteiger partial charge in [-0.3, -0.25) is 0 Å². The van der Waals surface area contributed by atoms with Crippen molar-refractivity contribution in [1.29, 1.82) is 0 Å². The van der Waals surface area contributed by atoms with E-state index in [-0.39, 0.29) is 17.0 Å². The Morgan fingerprint density at radius 2 is 1.71 bits per heavy atom. The quantitative estimate of drug-likeness (QED) is 0.724. The molecular weight excluding hydrogens is 292 g/mol. The molecule has 0 aliphatic rings. The van der Waals surface area contributed by atoms with Crippen molar-refractivity contribution >= 4 is 21.7 Å². The molecule has 4 N–H and O–H groups in total. The summed E-state index contributed by atoms with van der Waals surface area (Å²) in [4.78, 5) is 11.1. The Morgan fingerprint density at radius 1 is 1.10 bits per heavy atom. The number of carboxylic acid groups (broad SMARTS) is 1. The molecule has 2 rings (SSSR count). The number of aromatic carboxylic acids is 1. The molecule has 0 aromatic heterocycles. The highest BCUT2D eigenvalue weighted by atomic mass is 32.2. The van der Waals surface area contributed by atoms with Crippen molar-refractivity contribution in [3.05, 3.63) is 59.7 Å². The number of benzene rings is 2. The van der Waals surface area contributed by atoms with Crippen LogP contribution in [-0.4, -0.2) is 19.5 Å². The first kappa shape index (κ1) is 15.0. The Bertz CT molecular complexity index is 755. The molecule has 110 valence electrons. The first-order chi connectivity index (χ1) is 9.90. The van der Waals surface area contributed by atoms with Crippen molar-refractivity contribution in [1.82, 2.24) is 4.72 Å². The van der Waals surface area contributed by atoms with E-state index in [2.05, 4.69) is 4.72 Å². The van der Waals surface area contributed by atoms with Gasteiger partial charge in [-0.2, -0.15) is 0 Å². The SMILES string of the molecule is Nc1ccc(S(=O)(=O)NCc2ccccc2C(=O)O)cc1. The zero-order valence-electron chi connectivity index (χ0n) is 11.0. The zero-order chi connectivity index (χ0) is 15.5. The van der Waals surface area contributed by atoms with Gasteiger partial charge in [0.05, 0.1) is 10.5 Å². The van der Waals surface area contributed by atoms with Crippen LogP contribution in [0.2, 0.25) is 0 Å². The fourth-order valence-corrected chi connectivity index (χ4v) is 2.79. The average Bonchev–Trinajstić information content (AvgIpc) is 2.46. The predicted molar refractivity (Wildman–Crippen MR) is 78.3 cm³/mol. The van der Waals surface area contributed by atoms with E-state index in [0.717, 1.165) is 0 Å². The van der Waals surface area contributed by atoms with E-state index in [9.17, 15) is 13.2 Å². The minimum absolute atomic E-state index is 0.0671. The van der Waals surface area contributed by atoms with E-state index in [1.807, 2.05) is 0 Å². The van der Waals surface area contributed by atoms with Crippen LogP contribution >= 0.6 is 0 Å². The third kappa shape index (κ3) is 3.59. The maximum atomic E-state index is 12.1. The second kappa shape index (κ2) is 5.94. The van der Waals surface area contributed by atoms with Crippen LogP contribution in [0.5, 0.6) is 0 Å². The molecule has 0 fully saturated rings. The number of carbonyl (C=O) groups is 1. The number of nitrogens with two attached hydrogens (primary N) is 1. The lowest BCUT2D eigenvalue weighted by Crippen LogP contribution is -2.24. The number of rotatable bonds is 5.